The number of halogens is 6. The van der Waals surface area contributed by atoms with E-state index in [2.05, 4.69) is 10.6 Å². The molecule has 2 aromatic rings. The van der Waals surface area contributed by atoms with E-state index in [-0.39, 0.29) is 47.9 Å². The minimum atomic E-state index is -4.43. The van der Waals surface area contributed by atoms with Gasteiger partial charge in [0.2, 0.25) is 5.91 Å². The fraction of sp³-hybridized carbons (Fsp3) is 0.548. The predicted octanol–water partition coefficient (Wildman–Crippen LogP) is 5.27. The molecule has 0 radical (unpaired) electrons. The van der Waals surface area contributed by atoms with Crippen molar-refractivity contribution in [3.8, 4) is 0 Å². The molecule has 2 heterocycles. The highest BCUT2D eigenvalue weighted by Crippen LogP contribution is 2.36. The molecule has 8 nitrogen and oxygen atoms in total. The Morgan fingerprint density at radius 2 is 1.89 bits per heavy atom. The van der Waals surface area contributed by atoms with Crippen LogP contribution in [0.4, 0.5) is 27.6 Å². The Kier molecular flexibility index (Phi) is 12.6. The Morgan fingerprint density at radius 1 is 1.13 bits per heavy atom. The number of hydrogen-bond donors (Lipinski definition) is 3. The number of nitrogens with two attached hydrogens (primary N) is 1. The van der Waals surface area contributed by atoms with Crippen LogP contribution in [0.1, 0.15) is 49.1 Å². The summed E-state index contributed by atoms with van der Waals surface area (Å²) >= 11 is 5.89. The van der Waals surface area contributed by atoms with Crippen LogP contribution in [0.5, 0.6) is 0 Å². The van der Waals surface area contributed by atoms with Crippen LogP contribution in [0.2, 0.25) is 5.02 Å². The smallest absolute Gasteiger partial charge is 0.389 e. The second-order valence-electron chi connectivity index (χ2n) is 11.3. The molecule has 2 aliphatic rings. The number of alkyl halides is 3. The number of carbonyl (C=O) groups excluding carboxylic acids is 2. The minimum absolute atomic E-state index is 0.0390. The van der Waals surface area contributed by atoms with Crippen LogP contribution >= 0.6 is 11.6 Å². The third kappa shape index (κ3) is 10.3. The average molecular weight is 662 g/mol. The first kappa shape index (κ1) is 35.0. The van der Waals surface area contributed by atoms with Crippen LogP contribution in [0.3, 0.4) is 0 Å². The number of rotatable bonds is 12. The molecule has 2 aliphatic heterocycles. The highest BCUT2D eigenvalue weighted by molar-refractivity contribution is 6.30. The molecule has 0 saturated carbocycles. The van der Waals surface area contributed by atoms with Gasteiger partial charge in [-0.05, 0) is 61.4 Å². The van der Waals surface area contributed by atoms with E-state index >= 15 is 4.39 Å². The van der Waals surface area contributed by atoms with Gasteiger partial charge in [0.05, 0.1) is 42.7 Å². The summed E-state index contributed by atoms with van der Waals surface area (Å²) in [6, 6.07) is 7.27. The zero-order chi connectivity index (χ0) is 32.6. The van der Waals surface area contributed by atoms with Crippen LogP contribution < -0.4 is 16.4 Å². The Balaban J connectivity index is 1.34. The number of esters is 1. The lowest BCUT2D eigenvalue weighted by atomic mass is 9.76. The number of benzene rings is 2. The van der Waals surface area contributed by atoms with E-state index in [1.807, 2.05) is 0 Å². The van der Waals surface area contributed by atoms with E-state index in [9.17, 15) is 27.2 Å². The summed E-state index contributed by atoms with van der Waals surface area (Å²) in [5.41, 5.74) is 7.59. The molecule has 14 heteroatoms. The summed E-state index contributed by atoms with van der Waals surface area (Å²) in [6.07, 6.45) is -4.88. The maximum Gasteiger partial charge on any atom is 0.389 e. The van der Waals surface area contributed by atoms with Gasteiger partial charge in [-0.15, -0.1) is 0 Å². The maximum absolute atomic E-state index is 15.0. The average Bonchev–Trinajstić information content (AvgIpc) is 3.01. The summed E-state index contributed by atoms with van der Waals surface area (Å²) in [7, 11) is 0. The highest BCUT2D eigenvalue weighted by atomic mass is 35.5. The van der Waals surface area contributed by atoms with Crippen LogP contribution in [-0.2, 0) is 30.2 Å². The van der Waals surface area contributed by atoms with Crippen molar-refractivity contribution >= 4 is 29.2 Å². The molecule has 0 unspecified atom stereocenters. The Morgan fingerprint density at radius 3 is 2.56 bits per heavy atom. The maximum atomic E-state index is 15.0. The fourth-order valence-electron chi connectivity index (χ4n) is 5.65. The van der Waals surface area contributed by atoms with E-state index < -0.39 is 60.5 Å². The van der Waals surface area contributed by atoms with Gasteiger partial charge in [0, 0.05) is 36.9 Å². The number of nitrogens with one attached hydrogen (secondary N) is 2. The summed E-state index contributed by atoms with van der Waals surface area (Å²) in [6.45, 7) is 1.34. The van der Waals surface area contributed by atoms with Crippen molar-refractivity contribution in [2.75, 3.05) is 38.3 Å². The molecule has 2 fully saturated rings. The molecule has 2 aromatic carbocycles. The van der Waals surface area contributed by atoms with Crippen LogP contribution in [0.15, 0.2) is 36.4 Å². The predicted molar refractivity (Wildman–Crippen MR) is 157 cm³/mol. The van der Waals surface area contributed by atoms with Gasteiger partial charge in [0.25, 0.3) is 0 Å². The summed E-state index contributed by atoms with van der Waals surface area (Å²) in [4.78, 5) is 25.1. The summed E-state index contributed by atoms with van der Waals surface area (Å²) in [5, 5.41) is 5.87. The van der Waals surface area contributed by atoms with Gasteiger partial charge in [-0.1, -0.05) is 23.7 Å². The van der Waals surface area contributed by atoms with Crippen molar-refractivity contribution in [1.82, 2.24) is 5.32 Å². The molecule has 248 valence electrons. The molecule has 4 atom stereocenters. The highest BCUT2D eigenvalue weighted by Gasteiger charge is 2.35. The van der Waals surface area contributed by atoms with Gasteiger partial charge in [-0.2, -0.15) is 13.2 Å². The molecule has 0 aromatic heterocycles. The van der Waals surface area contributed by atoms with Crippen LogP contribution in [0.25, 0.3) is 0 Å². The van der Waals surface area contributed by atoms with Gasteiger partial charge in [-0.3, -0.25) is 9.59 Å². The van der Waals surface area contributed by atoms with Crippen molar-refractivity contribution in [2.24, 2.45) is 11.7 Å². The van der Waals surface area contributed by atoms with Crippen molar-refractivity contribution in [3.05, 3.63) is 64.2 Å². The summed E-state index contributed by atoms with van der Waals surface area (Å²) in [5.74, 6) is -3.19. The quantitative estimate of drug-likeness (QED) is 0.210. The van der Waals surface area contributed by atoms with Gasteiger partial charge in [0.15, 0.2) is 0 Å². The molecule has 4 N–H and O–H groups in total. The first-order chi connectivity index (χ1) is 21.4. The lowest BCUT2D eigenvalue weighted by molar-refractivity contribution is -0.158. The molecule has 0 aliphatic carbocycles. The molecule has 0 spiro atoms. The first-order valence-corrected chi connectivity index (χ1v) is 15.2. The lowest BCUT2D eigenvalue weighted by Gasteiger charge is -2.34. The van der Waals surface area contributed by atoms with E-state index in [1.165, 1.54) is 24.3 Å². The standard InChI is InChI=1S/C31H37ClF5N3O5/c32-23-7-4-19(14-25(23)34)28(18-9-12-43-13-10-18)29(38)30(42)40-26-3-1-2-24(33)22(26)6-5-21-15-39-20(16-44-21)17-45-27(41)8-11-31(35,36)37/h1-4,7,14,18,20-21,28-29,39H,5-6,8-13,15-17,38H2,(H,40,42)/t20-,21+,28+,29-/m0/s1. The zero-order valence-electron chi connectivity index (χ0n) is 24.5. The third-order valence-electron chi connectivity index (χ3n) is 8.11. The first-order valence-electron chi connectivity index (χ1n) is 14.8. The molecular formula is C31H37ClF5N3O5. The lowest BCUT2D eigenvalue weighted by Crippen LogP contribution is -2.49. The van der Waals surface area contributed by atoms with E-state index in [4.69, 9.17) is 31.5 Å². The zero-order valence-corrected chi connectivity index (χ0v) is 25.3. The largest absolute Gasteiger partial charge is 0.464 e. The van der Waals surface area contributed by atoms with Crippen molar-refractivity contribution in [1.29, 1.82) is 0 Å². The molecule has 45 heavy (non-hydrogen) atoms. The van der Waals surface area contributed by atoms with E-state index in [0.29, 0.717) is 44.6 Å². The fourth-order valence-corrected chi connectivity index (χ4v) is 5.77. The Bertz CT molecular complexity index is 1300. The number of carbonyl (C=O) groups is 2. The van der Waals surface area contributed by atoms with Crippen LogP contribution in [-0.4, -0.2) is 69.2 Å². The third-order valence-corrected chi connectivity index (χ3v) is 8.42. The topological polar surface area (TPSA) is 112 Å². The van der Waals surface area contributed by atoms with Crippen molar-refractivity contribution < 1.29 is 45.8 Å². The molecule has 4 rings (SSSR count). The Labute approximate surface area is 263 Å². The van der Waals surface area contributed by atoms with Gasteiger partial charge in [0.1, 0.15) is 18.2 Å². The van der Waals surface area contributed by atoms with Gasteiger partial charge < -0.3 is 30.6 Å². The van der Waals surface area contributed by atoms with Crippen molar-refractivity contribution in [2.45, 2.75) is 68.8 Å². The van der Waals surface area contributed by atoms with E-state index in [0.717, 1.165) is 0 Å². The number of amides is 1. The number of morpholine rings is 1. The molecule has 0 bridgehead atoms. The monoisotopic (exact) mass is 661 g/mol. The number of hydrogen-bond acceptors (Lipinski definition) is 7. The molecular weight excluding hydrogens is 625 g/mol. The normalized spacial score (nSPS) is 20.8. The minimum Gasteiger partial charge on any atom is -0.464 e. The van der Waals surface area contributed by atoms with Gasteiger partial charge in [-0.25, -0.2) is 8.78 Å². The van der Waals surface area contributed by atoms with Gasteiger partial charge >= 0.3 is 12.1 Å². The van der Waals surface area contributed by atoms with Crippen molar-refractivity contribution in [3.63, 3.8) is 0 Å². The molecule has 1 amide bonds. The number of ether oxygens (including phenoxy) is 3. The number of anilines is 1. The van der Waals surface area contributed by atoms with E-state index in [1.54, 1.807) is 12.1 Å². The SMILES string of the molecule is N[C@H](C(=O)Nc1cccc(F)c1CC[C@@H]1CN[C@H](COC(=O)CCC(F)(F)F)CO1)[C@@H](c1ccc(Cl)c(F)c1)C1CCOCC1. The second kappa shape index (κ2) is 16.1. The summed E-state index contributed by atoms with van der Waals surface area (Å²) < 4.78 is 82.4. The molecule has 2 saturated heterocycles. The van der Waals surface area contributed by atoms with Crippen LogP contribution in [0, 0.1) is 17.6 Å². The second-order valence-corrected chi connectivity index (χ2v) is 11.7. The Hall–Kier alpha value is -2.84.